The molecule has 3 atom stereocenters. The molecule has 0 aromatic carbocycles. The van der Waals surface area contributed by atoms with Crippen LogP contribution in [0.1, 0.15) is 67.4 Å². The lowest BCUT2D eigenvalue weighted by Gasteiger charge is -2.34. The maximum absolute atomic E-state index is 13.7. The lowest BCUT2D eigenvalue weighted by Crippen LogP contribution is -2.43. The molecule has 0 saturated carbocycles. The molecule has 6 nitrogen and oxygen atoms in total. The Bertz CT molecular complexity index is 831. The minimum Gasteiger partial charge on any atom is -0.467 e. The van der Waals surface area contributed by atoms with Gasteiger partial charge in [-0.1, -0.05) is 6.92 Å². The number of nitrogens with one attached hydrogen (secondary N) is 1. The number of hydrogen-bond donors (Lipinski definition) is 1. The third kappa shape index (κ3) is 3.38. The van der Waals surface area contributed by atoms with E-state index in [1.54, 1.807) is 17.0 Å². The predicted octanol–water partition coefficient (Wildman–Crippen LogP) is 4.54. The van der Waals surface area contributed by atoms with Crippen molar-refractivity contribution in [2.45, 2.75) is 63.3 Å². The maximum atomic E-state index is 13.7. The van der Waals surface area contributed by atoms with Crippen molar-refractivity contribution in [3.63, 3.8) is 0 Å². The van der Waals surface area contributed by atoms with Crippen molar-refractivity contribution in [2.24, 2.45) is 0 Å². The van der Waals surface area contributed by atoms with Gasteiger partial charge in [0.05, 0.1) is 12.3 Å². The average Bonchev–Trinajstić information content (AvgIpc) is 3.35. The highest BCUT2D eigenvalue weighted by atomic mass is 19.4. The summed E-state index contributed by atoms with van der Waals surface area (Å²) in [6.07, 6.45) is 0.404. The summed E-state index contributed by atoms with van der Waals surface area (Å²) >= 11 is 0. The van der Waals surface area contributed by atoms with Crippen molar-refractivity contribution in [2.75, 3.05) is 11.9 Å². The molecule has 0 spiro atoms. The van der Waals surface area contributed by atoms with Gasteiger partial charge in [0.1, 0.15) is 11.6 Å². The molecular weight excluding hydrogens is 373 g/mol. The van der Waals surface area contributed by atoms with Gasteiger partial charge >= 0.3 is 6.18 Å². The summed E-state index contributed by atoms with van der Waals surface area (Å²) in [5, 5.41) is 7.11. The van der Waals surface area contributed by atoms with Gasteiger partial charge in [0, 0.05) is 25.1 Å². The zero-order chi connectivity index (χ0) is 19.9. The van der Waals surface area contributed by atoms with E-state index in [2.05, 4.69) is 10.4 Å². The molecular formula is C19H23F3N4O2. The molecule has 1 saturated heterocycles. The van der Waals surface area contributed by atoms with Crippen LogP contribution in [0.4, 0.5) is 19.0 Å². The number of carbonyl (C=O) groups is 1. The molecule has 0 radical (unpaired) electrons. The van der Waals surface area contributed by atoms with E-state index in [4.69, 9.17) is 4.42 Å². The number of anilines is 1. The van der Waals surface area contributed by atoms with E-state index in [1.807, 2.05) is 6.92 Å². The van der Waals surface area contributed by atoms with Crippen LogP contribution in [-0.2, 0) is 0 Å². The summed E-state index contributed by atoms with van der Waals surface area (Å²) in [4.78, 5) is 14.7. The van der Waals surface area contributed by atoms with Crippen LogP contribution in [-0.4, -0.2) is 39.4 Å². The largest absolute Gasteiger partial charge is 0.467 e. The molecule has 28 heavy (non-hydrogen) atoms. The van der Waals surface area contributed by atoms with Crippen LogP contribution in [0, 0.1) is 0 Å². The number of halogens is 3. The maximum Gasteiger partial charge on any atom is 0.410 e. The average molecular weight is 396 g/mol. The number of amides is 1. The van der Waals surface area contributed by atoms with Crippen LogP contribution in [0.2, 0.25) is 0 Å². The SMILES string of the molecule is CCC1CCCCN1C(=O)c1cc2n(n1)C(C(F)(F)F)CC(c1ccco1)N2. The number of likely N-dealkylation sites (tertiary alicyclic amines) is 1. The fraction of sp³-hybridized carbons (Fsp3) is 0.579. The van der Waals surface area contributed by atoms with Crippen molar-refractivity contribution in [1.82, 2.24) is 14.7 Å². The highest BCUT2D eigenvalue weighted by Gasteiger charge is 2.47. The number of hydrogen-bond acceptors (Lipinski definition) is 4. The first-order valence-electron chi connectivity index (χ1n) is 9.65. The minimum atomic E-state index is -4.48. The number of rotatable bonds is 3. The zero-order valence-corrected chi connectivity index (χ0v) is 15.6. The molecule has 4 heterocycles. The molecule has 2 aliphatic rings. The summed E-state index contributed by atoms with van der Waals surface area (Å²) in [6, 6.07) is 2.38. The van der Waals surface area contributed by atoms with Gasteiger partial charge in [-0.3, -0.25) is 4.79 Å². The van der Waals surface area contributed by atoms with Gasteiger partial charge in [0.15, 0.2) is 11.7 Å². The van der Waals surface area contributed by atoms with Crippen LogP contribution in [0.15, 0.2) is 28.9 Å². The van der Waals surface area contributed by atoms with Crippen molar-refractivity contribution in [3.05, 3.63) is 35.9 Å². The van der Waals surface area contributed by atoms with Gasteiger partial charge in [-0.15, -0.1) is 0 Å². The summed E-state index contributed by atoms with van der Waals surface area (Å²) in [6.45, 7) is 2.63. The summed E-state index contributed by atoms with van der Waals surface area (Å²) in [5.74, 6) is 0.311. The van der Waals surface area contributed by atoms with Crippen molar-refractivity contribution in [1.29, 1.82) is 0 Å². The Kier molecular flexibility index (Phi) is 4.84. The van der Waals surface area contributed by atoms with Gasteiger partial charge < -0.3 is 14.6 Å². The summed E-state index contributed by atoms with van der Waals surface area (Å²) < 4.78 is 47.3. The van der Waals surface area contributed by atoms with Crippen LogP contribution in [0.5, 0.6) is 0 Å². The molecule has 0 bridgehead atoms. The fourth-order valence-corrected chi connectivity index (χ4v) is 4.19. The third-order valence-corrected chi connectivity index (χ3v) is 5.65. The Morgan fingerprint density at radius 1 is 1.39 bits per heavy atom. The van der Waals surface area contributed by atoms with Gasteiger partial charge in [-0.25, -0.2) is 4.68 Å². The first kappa shape index (κ1) is 18.9. The van der Waals surface area contributed by atoms with Gasteiger partial charge in [-0.2, -0.15) is 18.3 Å². The highest BCUT2D eigenvalue weighted by Crippen LogP contribution is 2.43. The summed E-state index contributed by atoms with van der Waals surface area (Å²) in [7, 11) is 0. The molecule has 0 aliphatic carbocycles. The quantitative estimate of drug-likeness (QED) is 0.827. The molecule has 3 unspecified atom stereocenters. The second-order valence-corrected chi connectivity index (χ2v) is 7.42. The molecule has 2 aromatic heterocycles. The Balaban J connectivity index is 1.66. The fourth-order valence-electron chi connectivity index (χ4n) is 4.19. The van der Waals surface area contributed by atoms with E-state index >= 15 is 0 Å². The normalized spacial score (nSPS) is 25.3. The van der Waals surface area contributed by atoms with E-state index in [-0.39, 0.29) is 29.9 Å². The van der Waals surface area contributed by atoms with Crippen LogP contribution < -0.4 is 5.32 Å². The number of piperidine rings is 1. The molecule has 2 aliphatic heterocycles. The predicted molar refractivity (Wildman–Crippen MR) is 96.0 cm³/mol. The number of furan rings is 1. The zero-order valence-electron chi connectivity index (χ0n) is 15.6. The molecule has 1 fully saturated rings. The highest BCUT2D eigenvalue weighted by molar-refractivity contribution is 5.93. The van der Waals surface area contributed by atoms with Crippen molar-refractivity contribution in [3.8, 4) is 0 Å². The molecule has 1 N–H and O–H groups in total. The van der Waals surface area contributed by atoms with Crippen molar-refractivity contribution >= 4 is 11.7 Å². The third-order valence-electron chi connectivity index (χ3n) is 5.65. The first-order chi connectivity index (χ1) is 13.4. The summed E-state index contributed by atoms with van der Waals surface area (Å²) in [5.41, 5.74) is 0.0530. The standard InChI is InChI=1S/C19H23F3N4O2/c1-2-12-6-3-4-8-25(12)18(27)14-11-17-23-13(15-7-5-9-28-15)10-16(19(20,21)22)26(17)24-14/h5,7,9,11-13,16,23H,2-4,6,8,10H2,1H3. The molecule has 4 rings (SSSR count). The van der Waals surface area contributed by atoms with Crippen molar-refractivity contribution < 1.29 is 22.4 Å². The van der Waals surface area contributed by atoms with E-state index < -0.39 is 18.3 Å². The first-order valence-corrected chi connectivity index (χ1v) is 9.65. The van der Waals surface area contributed by atoms with Gasteiger partial charge in [0.25, 0.3) is 5.91 Å². The number of carbonyl (C=O) groups excluding carboxylic acids is 1. The van der Waals surface area contributed by atoms with E-state index in [0.29, 0.717) is 12.3 Å². The van der Waals surface area contributed by atoms with Gasteiger partial charge in [0.2, 0.25) is 0 Å². The lowest BCUT2D eigenvalue weighted by atomic mass is 9.99. The van der Waals surface area contributed by atoms with Crippen LogP contribution >= 0.6 is 0 Å². The molecule has 9 heteroatoms. The minimum absolute atomic E-state index is 0.0530. The molecule has 1 amide bonds. The number of fused-ring (bicyclic) bond motifs is 1. The van der Waals surface area contributed by atoms with Crippen LogP contribution in [0.3, 0.4) is 0 Å². The number of aromatic nitrogens is 2. The van der Waals surface area contributed by atoms with Crippen LogP contribution in [0.25, 0.3) is 0 Å². The monoisotopic (exact) mass is 396 g/mol. The smallest absolute Gasteiger partial charge is 0.410 e. The second-order valence-electron chi connectivity index (χ2n) is 7.42. The second kappa shape index (κ2) is 7.18. The Labute approximate surface area is 160 Å². The Hall–Kier alpha value is -2.45. The molecule has 152 valence electrons. The number of alkyl halides is 3. The lowest BCUT2D eigenvalue weighted by molar-refractivity contribution is -0.174. The van der Waals surface area contributed by atoms with E-state index in [1.165, 1.54) is 12.3 Å². The van der Waals surface area contributed by atoms with E-state index in [0.717, 1.165) is 30.4 Å². The Morgan fingerprint density at radius 2 is 2.21 bits per heavy atom. The topological polar surface area (TPSA) is 63.3 Å². The van der Waals surface area contributed by atoms with Gasteiger partial charge in [-0.05, 0) is 37.8 Å². The Morgan fingerprint density at radius 3 is 2.89 bits per heavy atom. The van der Waals surface area contributed by atoms with E-state index in [9.17, 15) is 18.0 Å². The number of nitrogens with zero attached hydrogens (tertiary/aromatic N) is 3. The molecule has 2 aromatic rings.